The molecule has 1 N–H and O–H groups in total. The fraction of sp³-hybridized carbons (Fsp3) is 0.273. The Bertz CT molecular complexity index is 361. The number of likely N-dealkylation sites (N-methyl/N-ethyl adjacent to an activating group) is 1. The molecule has 4 nitrogen and oxygen atoms in total. The van der Waals surface area contributed by atoms with Crippen LogP contribution < -0.4 is 5.32 Å². The number of aromatic nitrogens is 1. The number of nitrogens with one attached hydrogen (secondary N) is 1. The molecule has 0 amide bonds. The molecule has 0 aliphatic carbocycles. The van der Waals surface area contributed by atoms with E-state index in [4.69, 9.17) is 0 Å². The molecule has 0 saturated carbocycles. The number of pyridine rings is 1. The van der Waals surface area contributed by atoms with Crippen LogP contribution in [0.2, 0.25) is 0 Å². The molecule has 0 fully saturated rings. The predicted molar refractivity (Wildman–Crippen MR) is 58.5 cm³/mol. The van der Waals surface area contributed by atoms with Crippen LogP contribution in [-0.2, 0) is 4.74 Å². The van der Waals surface area contributed by atoms with E-state index in [1.54, 1.807) is 18.3 Å². The zero-order valence-electron chi connectivity index (χ0n) is 8.86. The zero-order valence-corrected chi connectivity index (χ0v) is 8.86. The van der Waals surface area contributed by atoms with E-state index in [1.807, 2.05) is 19.2 Å². The van der Waals surface area contributed by atoms with Gasteiger partial charge >= 0.3 is 5.97 Å². The van der Waals surface area contributed by atoms with Gasteiger partial charge in [-0.25, -0.2) is 4.79 Å². The van der Waals surface area contributed by atoms with E-state index in [0.717, 1.165) is 12.2 Å². The Hall–Kier alpha value is -1.68. The number of hydrogen-bond donors (Lipinski definition) is 1. The maximum Gasteiger partial charge on any atom is 0.337 e. The van der Waals surface area contributed by atoms with Crippen molar-refractivity contribution in [1.82, 2.24) is 10.3 Å². The van der Waals surface area contributed by atoms with Gasteiger partial charge in [-0.15, -0.1) is 0 Å². The van der Waals surface area contributed by atoms with Crippen molar-refractivity contribution in [3.05, 3.63) is 35.7 Å². The molecule has 0 aliphatic heterocycles. The Balaban J connectivity index is 2.78. The topological polar surface area (TPSA) is 51.2 Å². The Morgan fingerprint density at radius 3 is 3.13 bits per heavy atom. The average molecular weight is 206 g/mol. The van der Waals surface area contributed by atoms with E-state index in [0.29, 0.717) is 5.56 Å². The fourth-order valence-corrected chi connectivity index (χ4v) is 1.08. The number of nitrogens with zero attached hydrogens (tertiary/aromatic N) is 1. The second-order valence-electron chi connectivity index (χ2n) is 2.92. The average Bonchev–Trinajstić information content (AvgIpc) is 2.29. The van der Waals surface area contributed by atoms with Crippen LogP contribution >= 0.6 is 0 Å². The number of rotatable bonds is 4. The van der Waals surface area contributed by atoms with Gasteiger partial charge in [-0.05, 0) is 25.3 Å². The Morgan fingerprint density at radius 1 is 1.67 bits per heavy atom. The van der Waals surface area contributed by atoms with Crippen molar-refractivity contribution in [3.63, 3.8) is 0 Å². The fourth-order valence-electron chi connectivity index (χ4n) is 1.08. The number of methoxy groups -OCH3 is 1. The van der Waals surface area contributed by atoms with Gasteiger partial charge in [0.15, 0.2) is 0 Å². The van der Waals surface area contributed by atoms with Crippen molar-refractivity contribution >= 4 is 12.0 Å². The predicted octanol–water partition coefficient (Wildman–Crippen LogP) is 1.10. The first-order chi connectivity index (χ1) is 7.27. The van der Waals surface area contributed by atoms with Crippen LogP contribution in [0.5, 0.6) is 0 Å². The standard InChI is InChI=1S/C11H14N2O2/c1-12-6-3-4-10-8-9(5-7-13-10)11(14)15-2/h3-5,7-8,12H,6H2,1-2H3. The van der Waals surface area contributed by atoms with E-state index in [-0.39, 0.29) is 5.97 Å². The lowest BCUT2D eigenvalue weighted by atomic mass is 10.2. The normalized spacial score (nSPS) is 10.5. The number of ether oxygens (including phenoxy) is 1. The highest BCUT2D eigenvalue weighted by atomic mass is 16.5. The molecule has 0 aromatic carbocycles. The molecule has 15 heavy (non-hydrogen) atoms. The van der Waals surface area contributed by atoms with E-state index in [1.165, 1.54) is 7.11 Å². The lowest BCUT2D eigenvalue weighted by Gasteiger charge is -1.99. The monoisotopic (exact) mass is 206 g/mol. The van der Waals surface area contributed by atoms with Crippen LogP contribution in [0.15, 0.2) is 24.4 Å². The molecule has 0 atom stereocenters. The Kier molecular flexibility index (Phi) is 4.50. The zero-order chi connectivity index (χ0) is 11.1. The van der Waals surface area contributed by atoms with Crippen molar-refractivity contribution < 1.29 is 9.53 Å². The summed E-state index contributed by atoms with van der Waals surface area (Å²) in [5, 5.41) is 2.98. The summed E-state index contributed by atoms with van der Waals surface area (Å²) >= 11 is 0. The third kappa shape index (κ3) is 3.52. The van der Waals surface area contributed by atoms with Crippen LogP contribution in [-0.4, -0.2) is 31.7 Å². The van der Waals surface area contributed by atoms with Crippen LogP contribution in [0.1, 0.15) is 16.1 Å². The van der Waals surface area contributed by atoms with E-state index >= 15 is 0 Å². The molecule has 0 bridgehead atoms. The molecule has 80 valence electrons. The van der Waals surface area contributed by atoms with E-state index in [9.17, 15) is 4.79 Å². The van der Waals surface area contributed by atoms with Gasteiger partial charge in [-0.1, -0.05) is 6.08 Å². The molecule has 0 unspecified atom stereocenters. The molecule has 4 heteroatoms. The molecule has 1 aromatic rings. The van der Waals surface area contributed by atoms with Crippen LogP contribution in [0.4, 0.5) is 0 Å². The summed E-state index contributed by atoms with van der Waals surface area (Å²) in [6.45, 7) is 0.768. The van der Waals surface area contributed by atoms with Crippen molar-refractivity contribution in [3.8, 4) is 0 Å². The van der Waals surface area contributed by atoms with Crippen molar-refractivity contribution in [2.75, 3.05) is 20.7 Å². The molecular formula is C11H14N2O2. The third-order valence-electron chi connectivity index (χ3n) is 1.81. The summed E-state index contributed by atoms with van der Waals surface area (Å²) in [5.41, 5.74) is 1.25. The van der Waals surface area contributed by atoms with Crippen LogP contribution in [0.25, 0.3) is 6.08 Å². The summed E-state index contributed by atoms with van der Waals surface area (Å²) in [4.78, 5) is 15.3. The van der Waals surface area contributed by atoms with Gasteiger partial charge in [0.05, 0.1) is 18.4 Å². The first-order valence-electron chi connectivity index (χ1n) is 4.63. The first-order valence-corrected chi connectivity index (χ1v) is 4.63. The lowest BCUT2D eigenvalue weighted by molar-refractivity contribution is 0.0600. The molecule has 0 radical (unpaired) electrons. The van der Waals surface area contributed by atoms with Gasteiger partial charge in [0.1, 0.15) is 0 Å². The number of hydrogen-bond acceptors (Lipinski definition) is 4. The highest BCUT2D eigenvalue weighted by Gasteiger charge is 2.04. The van der Waals surface area contributed by atoms with Crippen molar-refractivity contribution in [2.45, 2.75) is 0 Å². The molecule has 0 spiro atoms. The van der Waals surface area contributed by atoms with Crippen LogP contribution in [0, 0.1) is 0 Å². The Labute approximate surface area is 89.0 Å². The summed E-state index contributed by atoms with van der Waals surface area (Å²) in [6, 6.07) is 3.32. The smallest absolute Gasteiger partial charge is 0.337 e. The molecule has 1 rings (SSSR count). The highest BCUT2D eigenvalue weighted by molar-refractivity contribution is 5.89. The van der Waals surface area contributed by atoms with Gasteiger partial charge < -0.3 is 10.1 Å². The molecule has 1 heterocycles. The van der Waals surface area contributed by atoms with E-state index in [2.05, 4.69) is 15.0 Å². The van der Waals surface area contributed by atoms with Crippen molar-refractivity contribution in [2.24, 2.45) is 0 Å². The Morgan fingerprint density at radius 2 is 2.47 bits per heavy atom. The summed E-state index contributed by atoms with van der Waals surface area (Å²) in [7, 11) is 3.22. The van der Waals surface area contributed by atoms with Gasteiger partial charge in [0.2, 0.25) is 0 Å². The summed E-state index contributed by atoms with van der Waals surface area (Å²) in [5.74, 6) is -0.347. The molecule has 0 aliphatic rings. The summed E-state index contributed by atoms with van der Waals surface area (Å²) in [6.07, 6.45) is 5.37. The summed E-state index contributed by atoms with van der Waals surface area (Å²) < 4.78 is 4.61. The van der Waals surface area contributed by atoms with Gasteiger partial charge in [-0.3, -0.25) is 4.98 Å². The maximum atomic E-state index is 11.2. The molecule has 0 saturated heterocycles. The third-order valence-corrected chi connectivity index (χ3v) is 1.81. The molecule has 1 aromatic heterocycles. The van der Waals surface area contributed by atoms with Crippen LogP contribution in [0.3, 0.4) is 0 Å². The minimum Gasteiger partial charge on any atom is -0.465 e. The first kappa shape index (κ1) is 11.4. The highest BCUT2D eigenvalue weighted by Crippen LogP contribution is 2.04. The number of carbonyl (C=O) groups excluding carboxylic acids is 1. The molecular weight excluding hydrogens is 192 g/mol. The lowest BCUT2D eigenvalue weighted by Crippen LogP contribution is -2.04. The quantitative estimate of drug-likeness (QED) is 0.749. The SMILES string of the molecule is CNCC=Cc1cc(C(=O)OC)ccn1. The van der Waals surface area contributed by atoms with E-state index < -0.39 is 0 Å². The van der Waals surface area contributed by atoms with Crippen molar-refractivity contribution in [1.29, 1.82) is 0 Å². The second-order valence-corrected chi connectivity index (χ2v) is 2.92. The maximum absolute atomic E-state index is 11.2. The minimum atomic E-state index is -0.347. The second kappa shape index (κ2) is 5.93. The van der Waals surface area contributed by atoms with Gasteiger partial charge in [0, 0.05) is 12.7 Å². The minimum absolute atomic E-state index is 0.347. The number of carbonyl (C=O) groups is 1. The largest absolute Gasteiger partial charge is 0.465 e. The van der Waals surface area contributed by atoms with Gasteiger partial charge in [0.25, 0.3) is 0 Å². The number of esters is 1. The van der Waals surface area contributed by atoms with Gasteiger partial charge in [-0.2, -0.15) is 0 Å².